The minimum absolute atomic E-state index is 0.0910. The predicted molar refractivity (Wildman–Crippen MR) is 101 cm³/mol. The van der Waals surface area contributed by atoms with Gasteiger partial charge in [-0.2, -0.15) is 0 Å². The lowest BCUT2D eigenvalue weighted by atomic mass is 9.80. The zero-order valence-corrected chi connectivity index (χ0v) is 15.8. The van der Waals surface area contributed by atoms with Crippen LogP contribution in [-0.2, 0) is 4.79 Å². The van der Waals surface area contributed by atoms with E-state index in [0.29, 0.717) is 25.1 Å². The Hall–Kier alpha value is -1.95. The van der Waals surface area contributed by atoms with Gasteiger partial charge in [0.25, 0.3) is 5.91 Å². The first-order chi connectivity index (χ1) is 13.0. The lowest BCUT2D eigenvalue weighted by Gasteiger charge is -2.39. The molecule has 2 saturated heterocycles. The monoisotopic (exact) mass is 376 g/mol. The number of rotatable bonds is 6. The fourth-order valence-corrected chi connectivity index (χ4v) is 4.39. The molecule has 27 heavy (non-hydrogen) atoms. The number of nitrogens with zero attached hydrogens (tertiary/aromatic N) is 2. The van der Waals surface area contributed by atoms with Gasteiger partial charge in [0.2, 0.25) is 0 Å². The molecule has 0 aromatic heterocycles. The second-order valence-corrected chi connectivity index (χ2v) is 7.86. The van der Waals surface area contributed by atoms with Crippen LogP contribution in [0.25, 0.3) is 0 Å². The predicted octanol–water partition coefficient (Wildman–Crippen LogP) is 3.25. The maximum Gasteiger partial charge on any atom is 0.303 e. The molecule has 5 nitrogen and oxygen atoms in total. The van der Waals surface area contributed by atoms with Gasteiger partial charge < -0.3 is 14.9 Å². The molecule has 1 N–H and O–H groups in total. The molecule has 3 rings (SSSR count). The van der Waals surface area contributed by atoms with Crippen molar-refractivity contribution in [3.8, 4) is 0 Å². The van der Waals surface area contributed by atoms with Gasteiger partial charge in [-0.15, -0.1) is 0 Å². The molecule has 2 aliphatic rings. The molecule has 0 radical (unpaired) electrons. The first-order valence-electron chi connectivity index (χ1n) is 10.0. The van der Waals surface area contributed by atoms with Crippen molar-refractivity contribution in [3.05, 3.63) is 35.6 Å². The summed E-state index contributed by atoms with van der Waals surface area (Å²) in [7, 11) is 0. The van der Waals surface area contributed by atoms with E-state index in [-0.39, 0.29) is 30.0 Å². The Morgan fingerprint density at radius 2 is 1.74 bits per heavy atom. The Bertz CT molecular complexity index is 643. The highest BCUT2D eigenvalue weighted by Gasteiger charge is 2.33. The molecule has 2 unspecified atom stereocenters. The first-order valence-corrected chi connectivity index (χ1v) is 10.0. The topological polar surface area (TPSA) is 60.9 Å². The van der Waals surface area contributed by atoms with Gasteiger partial charge in [0, 0.05) is 25.1 Å². The SMILES string of the molecule is O=C(O)CC1CCN(C(=O)c2ccc(F)cc2)CC1CCN1CCCCC1. The van der Waals surface area contributed by atoms with Gasteiger partial charge in [0.05, 0.1) is 0 Å². The normalized spacial score (nSPS) is 24.0. The summed E-state index contributed by atoms with van der Waals surface area (Å²) in [6, 6.07) is 5.64. The third-order valence-corrected chi connectivity index (χ3v) is 5.97. The van der Waals surface area contributed by atoms with Gasteiger partial charge >= 0.3 is 5.97 Å². The summed E-state index contributed by atoms with van der Waals surface area (Å²) >= 11 is 0. The number of benzene rings is 1. The van der Waals surface area contributed by atoms with Crippen molar-refractivity contribution in [2.45, 2.75) is 38.5 Å². The summed E-state index contributed by atoms with van der Waals surface area (Å²) in [5.41, 5.74) is 0.489. The quantitative estimate of drug-likeness (QED) is 0.828. The molecule has 1 aromatic carbocycles. The largest absolute Gasteiger partial charge is 0.481 e. The van der Waals surface area contributed by atoms with Crippen molar-refractivity contribution in [3.63, 3.8) is 0 Å². The Morgan fingerprint density at radius 1 is 1.04 bits per heavy atom. The molecule has 6 heteroatoms. The molecular weight excluding hydrogens is 347 g/mol. The van der Waals surface area contributed by atoms with Crippen LogP contribution in [0, 0.1) is 17.7 Å². The molecule has 148 valence electrons. The number of hydrogen-bond donors (Lipinski definition) is 1. The van der Waals surface area contributed by atoms with Gasteiger partial charge in [0.15, 0.2) is 0 Å². The third-order valence-electron chi connectivity index (χ3n) is 5.97. The van der Waals surface area contributed by atoms with Crippen LogP contribution in [0.4, 0.5) is 4.39 Å². The summed E-state index contributed by atoms with van der Waals surface area (Å²) in [5, 5.41) is 9.25. The number of aliphatic carboxylic acids is 1. The zero-order valence-electron chi connectivity index (χ0n) is 15.8. The van der Waals surface area contributed by atoms with Gasteiger partial charge in [0.1, 0.15) is 5.82 Å². The number of carbonyl (C=O) groups excluding carboxylic acids is 1. The highest BCUT2D eigenvalue weighted by atomic mass is 19.1. The summed E-state index contributed by atoms with van der Waals surface area (Å²) in [6.45, 7) is 4.36. The third kappa shape index (κ3) is 5.51. The number of halogens is 1. The lowest BCUT2D eigenvalue weighted by molar-refractivity contribution is -0.139. The molecular formula is C21H29FN2O3. The number of carboxylic acids is 1. The smallest absolute Gasteiger partial charge is 0.303 e. The van der Waals surface area contributed by atoms with Crippen molar-refractivity contribution in [1.29, 1.82) is 0 Å². The van der Waals surface area contributed by atoms with Crippen molar-refractivity contribution in [2.24, 2.45) is 11.8 Å². The summed E-state index contributed by atoms with van der Waals surface area (Å²) < 4.78 is 13.1. The standard InChI is InChI=1S/C21H29FN2O3/c22-19-6-4-16(5-7-19)21(27)24-13-9-17(14-20(25)26)18(15-24)8-12-23-10-2-1-3-11-23/h4-7,17-18H,1-3,8-15H2,(H,25,26). The van der Waals surface area contributed by atoms with Crippen LogP contribution in [0.5, 0.6) is 0 Å². The van der Waals surface area contributed by atoms with E-state index in [1.54, 1.807) is 0 Å². The van der Waals surface area contributed by atoms with Crippen molar-refractivity contribution < 1.29 is 19.1 Å². The van der Waals surface area contributed by atoms with Gasteiger partial charge in [-0.3, -0.25) is 9.59 Å². The average molecular weight is 376 g/mol. The number of carbonyl (C=O) groups is 2. The Labute approximate surface area is 160 Å². The van der Waals surface area contributed by atoms with E-state index in [9.17, 15) is 19.1 Å². The highest BCUT2D eigenvalue weighted by Crippen LogP contribution is 2.30. The van der Waals surface area contributed by atoms with Crippen LogP contribution in [0.3, 0.4) is 0 Å². The van der Waals surface area contributed by atoms with Gasteiger partial charge in [-0.25, -0.2) is 4.39 Å². The van der Waals surface area contributed by atoms with E-state index >= 15 is 0 Å². The highest BCUT2D eigenvalue weighted by molar-refractivity contribution is 5.94. The second-order valence-electron chi connectivity index (χ2n) is 7.86. The van der Waals surface area contributed by atoms with E-state index in [0.717, 1.165) is 26.1 Å². The number of piperidine rings is 2. The van der Waals surface area contributed by atoms with Crippen LogP contribution >= 0.6 is 0 Å². The van der Waals surface area contributed by atoms with E-state index in [2.05, 4.69) is 4.90 Å². The molecule has 0 saturated carbocycles. The molecule has 1 amide bonds. The van der Waals surface area contributed by atoms with Crippen LogP contribution in [0.15, 0.2) is 24.3 Å². The molecule has 0 bridgehead atoms. The number of amides is 1. The molecule has 0 spiro atoms. The first kappa shape index (κ1) is 19.8. The van der Waals surface area contributed by atoms with Gasteiger partial charge in [-0.1, -0.05) is 6.42 Å². The number of carboxylic acid groups (broad SMARTS) is 1. The Balaban J connectivity index is 1.63. The summed E-state index contributed by atoms with van der Waals surface area (Å²) in [6.07, 6.45) is 5.57. The number of likely N-dealkylation sites (tertiary alicyclic amines) is 2. The minimum Gasteiger partial charge on any atom is -0.481 e. The zero-order chi connectivity index (χ0) is 19.2. The molecule has 2 atom stereocenters. The van der Waals surface area contributed by atoms with Crippen molar-refractivity contribution >= 4 is 11.9 Å². The van der Waals surface area contributed by atoms with Crippen molar-refractivity contribution in [1.82, 2.24) is 9.80 Å². The Morgan fingerprint density at radius 3 is 2.41 bits per heavy atom. The summed E-state index contributed by atoms with van der Waals surface area (Å²) in [5.74, 6) is -0.898. The maximum atomic E-state index is 13.1. The van der Waals surface area contributed by atoms with Crippen LogP contribution in [0.1, 0.15) is 48.9 Å². The van der Waals surface area contributed by atoms with Crippen LogP contribution in [-0.4, -0.2) is 59.5 Å². The second kappa shape index (κ2) is 9.31. The maximum absolute atomic E-state index is 13.1. The minimum atomic E-state index is -0.763. The number of hydrogen-bond acceptors (Lipinski definition) is 3. The van der Waals surface area contributed by atoms with E-state index in [4.69, 9.17) is 0 Å². The average Bonchev–Trinajstić information content (AvgIpc) is 2.67. The van der Waals surface area contributed by atoms with E-state index in [1.807, 2.05) is 4.90 Å². The van der Waals surface area contributed by atoms with E-state index < -0.39 is 5.97 Å². The van der Waals surface area contributed by atoms with Crippen LogP contribution in [0.2, 0.25) is 0 Å². The lowest BCUT2D eigenvalue weighted by Crippen LogP contribution is -2.45. The fraction of sp³-hybridized carbons (Fsp3) is 0.619. The van der Waals surface area contributed by atoms with Gasteiger partial charge in [-0.05, 0) is 81.4 Å². The molecule has 1 aromatic rings. The van der Waals surface area contributed by atoms with Crippen LogP contribution < -0.4 is 0 Å². The Kier molecular flexibility index (Phi) is 6.83. The van der Waals surface area contributed by atoms with E-state index in [1.165, 1.54) is 43.5 Å². The van der Waals surface area contributed by atoms with Crippen molar-refractivity contribution in [2.75, 3.05) is 32.7 Å². The summed E-state index contributed by atoms with van der Waals surface area (Å²) in [4.78, 5) is 28.3. The molecule has 2 heterocycles. The molecule has 2 fully saturated rings. The molecule has 0 aliphatic carbocycles. The fourth-order valence-electron chi connectivity index (χ4n) is 4.39. The molecule has 2 aliphatic heterocycles.